The zero-order valence-electron chi connectivity index (χ0n) is 12.4. The van der Waals surface area contributed by atoms with Gasteiger partial charge >= 0.3 is 6.03 Å². The highest BCUT2D eigenvalue weighted by Crippen LogP contribution is 2.20. The average Bonchev–Trinajstić information content (AvgIpc) is 2.24. The lowest BCUT2D eigenvalue weighted by Gasteiger charge is -2.26. The van der Waals surface area contributed by atoms with Gasteiger partial charge in [-0.1, -0.05) is 20.8 Å². The number of likely N-dealkylation sites (N-methyl/N-ethyl adjacent to an activating group) is 1. The number of hydrogen-bond donors (Lipinski definition) is 3. The Bertz CT molecular complexity index is 242. The standard InChI is InChI=1S/C13H29N3O2/c1-6-16(5)8-7-14-12(18)15-10-13(3,4)9-11(2)17/h11,17H,6-10H2,1-5H3,(H2,14,15,18). The van der Waals surface area contributed by atoms with Gasteiger partial charge < -0.3 is 20.6 Å². The topological polar surface area (TPSA) is 64.6 Å². The molecule has 0 aliphatic carbocycles. The number of carbonyl (C=O) groups is 1. The molecular formula is C13H29N3O2. The lowest BCUT2D eigenvalue weighted by Crippen LogP contribution is -2.43. The molecule has 0 aromatic heterocycles. The molecule has 18 heavy (non-hydrogen) atoms. The first kappa shape index (κ1) is 17.2. The second-order valence-corrected chi connectivity index (χ2v) is 5.72. The lowest BCUT2D eigenvalue weighted by atomic mass is 9.87. The SMILES string of the molecule is CCN(C)CCNC(=O)NCC(C)(C)CC(C)O. The minimum atomic E-state index is -0.344. The van der Waals surface area contributed by atoms with Gasteiger partial charge in [0, 0.05) is 19.6 Å². The Kier molecular flexibility index (Phi) is 7.95. The van der Waals surface area contributed by atoms with Crippen molar-refractivity contribution in [1.82, 2.24) is 15.5 Å². The molecule has 0 saturated heterocycles. The van der Waals surface area contributed by atoms with E-state index in [0.29, 0.717) is 19.5 Å². The van der Waals surface area contributed by atoms with E-state index in [0.717, 1.165) is 13.1 Å². The minimum absolute atomic E-state index is 0.0916. The van der Waals surface area contributed by atoms with Crippen molar-refractivity contribution in [3.63, 3.8) is 0 Å². The number of nitrogens with one attached hydrogen (secondary N) is 2. The van der Waals surface area contributed by atoms with Crippen molar-refractivity contribution in [2.24, 2.45) is 5.41 Å². The molecule has 5 heteroatoms. The molecule has 0 radical (unpaired) electrons. The van der Waals surface area contributed by atoms with Crippen molar-refractivity contribution in [3.05, 3.63) is 0 Å². The summed E-state index contributed by atoms with van der Waals surface area (Å²) in [7, 11) is 2.02. The zero-order chi connectivity index (χ0) is 14.2. The number of hydrogen-bond acceptors (Lipinski definition) is 3. The van der Waals surface area contributed by atoms with Crippen LogP contribution >= 0.6 is 0 Å². The Morgan fingerprint density at radius 3 is 2.50 bits per heavy atom. The summed E-state index contributed by atoms with van der Waals surface area (Å²) in [6.07, 6.45) is 0.328. The van der Waals surface area contributed by atoms with Gasteiger partial charge in [-0.15, -0.1) is 0 Å². The molecule has 0 fully saturated rings. The normalized spacial score (nSPS) is 13.5. The van der Waals surface area contributed by atoms with Crippen LogP contribution in [0.5, 0.6) is 0 Å². The fourth-order valence-electron chi connectivity index (χ4n) is 1.77. The summed E-state index contributed by atoms with van der Waals surface area (Å²) in [5.74, 6) is 0. The van der Waals surface area contributed by atoms with Crippen molar-refractivity contribution in [3.8, 4) is 0 Å². The van der Waals surface area contributed by atoms with Crippen LogP contribution in [0.25, 0.3) is 0 Å². The van der Waals surface area contributed by atoms with Crippen molar-refractivity contribution in [2.75, 3.05) is 33.2 Å². The van der Waals surface area contributed by atoms with Crippen molar-refractivity contribution < 1.29 is 9.90 Å². The number of urea groups is 1. The van der Waals surface area contributed by atoms with Crippen molar-refractivity contribution >= 4 is 6.03 Å². The van der Waals surface area contributed by atoms with Crippen molar-refractivity contribution in [1.29, 1.82) is 0 Å². The van der Waals surface area contributed by atoms with Gasteiger partial charge in [0.2, 0.25) is 0 Å². The van der Waals surface area contributed by atoms with Crippen LogP contribution in [0.1, 0.15) is 34.1 Å². The summed E-state index contributed by atoms with van der Waals surface area (Å²) in [6, 6.07) is -0.141. The van der Waals surface area contributed by atoms with E-state index in [9.17, 15) is 9.90 Å². The van der Waals surface area contributed by atoms with Gasteiger partial charge in [0.05, 0.1) is 6.10 Å². The maximum absolute atomic E-state index is 11.5. The zero-order valence-corrected chi connectivity index (χ0v) is 12.4. The molecule has 0 bridgehead atoms. The predicted octanol–water partition coefficient (Wildman–Crippen LogP) is 1.03. The number of aliphatic hydroxyl groups excluding tert-OH is 1. The Labute approximate surface area is 111 Å². The highest BCUT2D eigenvalue weighted by Gasteiger charge is 2.20. The molecule has 0 aromatic rings. The van der Waals surface area contributed by atoms with Crippen LogP contribution in [0.3, 0.4) is 0 Å². The number of carbonyl (C=O) groups excluding carboxylic acids is 1. The van der Waals surface area contributed by atoms with Crippen LogP contribution in [0.4, 0.5) is 4.79 Å². The fraction of sp³-hybridized carbons (Fsp3) is 0.923. The van der Waals surface area contributed by atoms with Crippen LogP contribution in [0, 0.1) is 5.41 Å². The van der Waals surface area contributed by atoms with E-state index in [2.05, 4.69) is 22.5 Å². The molecule has 2 amide bonds. The number of amides is 2. The molecule has 0 aliphatic rings. The van der Waals surface area contributed by atoms with Gasteiger partial charge in [-0.2, -0.15) is 0 Å². The van der Waals surface area contributed by atoms with Crippen LogP contribution in [0.2, 0.25) is 0 Å². The number of nitrogens with zero attached hydrogens (tertiary/aromatic N) is 1. The first-order chi connectivity index (χ1) is 8.26. The van der Waals surface area contributed by atoms with E-state index in [1.165, 1.54) is 0 Å². The van der Waals surface area contributed by atoms with Gasteiger partial charge in [-0.25, -0.2) is 4.79 Å². The maximum Gasteiger partial charge on any atom is 0.314 e. The summed E-state index contributed by atoms with van der Waals surface area (Å²) < 4.78 is 0. The van der Waals surface area contributed by atoms with E-state index in [1.54, 1.807) is 6.92 Å². The van der Waals surface area contributed by atoms with Gasteiger partial charge in [0.15, 0.2) is 0 Å². The highest BCUT2D eigenvalue weighted by atomic mass is 16.3. The Morgan fingerprint density at radius 1 is 1.39 bits per heavy atom. The fourth-order valence-corrected chi connectivity index (χ4v) is 1.77. The van der Waals surface area contributed by atoms with Gasteiger partial charge in [-0.05, 0) is 32.4 Å². The van der Waals surface area contributed by atoms with E-state index < -0.39 is 0 Å². The van der Waals surface area contributed by atoms with E-state index >= 15 is 0 Å². The lowest BCUT2D eigenvalue weighted by molar-refractivity contribution is 0.129. The van der Waals surface area contributed by atoms with Gasteiger partial charge in [-0.3, -0.25) is 0 Å². The molecule has 0 spiro atoms. The molecule has 5 nitrogen and oxygen atoms in total. The Morgan fingerprint density at radius 2 is 2.00 bits per heavy atom. The van der Waals surface area contributed by atoms with Crippen LogP contribution < -0.4 is 10.6 Å². The van der Waals surface area contributed by atoms with E-state index in [-0.39, 0.29) is 17.6 Å². The molecule has 0 saturated carbocycles. The van der Waals surface area contributed by atoms with Crippen LogP contribution in [-0.2, 0) is 0 Å². The molecule has 0 rings (SSSR count). The second kappa shape index (κ2) is 8.32. The quantitative estimate of drug-likeness (QED) is 0.610. The molecule has 108 valence electrons. The largest absolute Gasteiger partial charge is 0.393 e. The van der Waals surface area contributed by atoms with Gasteiger partial charge in [0.1, 0.15) is 0 Å². The van der Waals surface area contributed by atoms with Crippen molar-refractivity contribution in [2.45, 2.75) is 40.2 Å². The number of aliphatic hydroxyl groups is 1. The first-order valence-electron chi connectivity index (χ1n) is 6.65. The highest BCUT2D eigenvalue weighted by molar-refractivity contribution is 5.73. The van der Waals surface area contributed by atoms with Gasteiger partial charge in [0.25, 0.3) is 0 Å². The Hall–Kier alpha value is -0.810. The summed E-state index contributed by atoms with van der Waals surface area (Å²) in [5, 5.41) is 15.0. The number of rotatable bonds is 8. The third kappa shape index (κ3) is 9.24. The molecule has 0 aromatic carbocycles. The average molecular weight is 259 g/mol. The van der Waals surface area contributed by atoms with Crippen LogP contribution in [-0.4, -0.2) is 55.4 Å². The molecular weight excluding hydrogens is 230 g/mol. The summed E-state index contributed by atoms with van der Waals surface area (Å²) in [4.78, 5) is 13.7. The molecule has 1 unspecified atom stereocenters. The van der Waals surface area contributed by atoms with E-state index in [4.69, 9.17) is 0 Å². The second-order valence-electron chi connectivity index (χ2n) is 5.72. The smallest absolute Gasteiger partial charge is 0.314 e. The Balaban J connectivity index is 3.76. The summed E-state index contributed by atoms with van der Waals surface area (Å²) in [5.41, 5.74) is -0.0916. The molecule has 3 N–H and O–H groups in total. The predicted molar refractivity (Wildman–Crippen MR) is 74.7 cm³/mol. The molecule has 0 aliphatic heterocycles. The maximum atomic E-state index is 11.5. The monoisotopic (exact) mass is 259 g/mol. The third-order valence-corrected chi connectivity index (χ3v) is 2.89. The summed E-state index contributed by atoms with van der Waals surface area (Å²) >= 11 is 0. The minimum Gasteiger partial charge on any atom is -0.393 e. The third-order valence-electron chi connectivity index (χ3n) is 2.89. The molecule has 1 atom stereocenters. The van der Waals surface area contributed by atoms with E-state index in [1.807, 2.05) is 20.9 Å². The summed E-state index contributed by atoms with van der Waals surface area (Å²) in [6.45, 7) is 10.9. The first-order valence-corrected chi connectivity index (χ1v) is 6.65. The molecule has 0 heterocycles. The van der Waals surface area contributed by atoms with Crippen LogP contribution in [0.15, 0.2) is 0 Å².